The molecule has 0 aliphatic carbocycles. The molecule has 0 bridgehead atoms. The molecular formula is C13H13ClN2O3S. The third kappa shape index (κ3) is 2.86. The van der Waals surface area contributed by atoms with Crippen molar-refractivity contribution in [2.24, 2.45) is 0 Å². The number of hydrogen-bond acceptors (Lipinski definition) is 4. The Morgan fingerprint density at radius 1 is 1.40 bits per heavy atom. The van der Waals surface area contributed by atoms with Gasteiger partial charge in [0.25, 0.3) is 5.56 Å². The number of rotatable bonds is 3. The van der Waals surface area contributed by atoms with Crippen LogP contribution in [-0.4, -0.2) is 22.2 Å². The highest BCUT2D eigenvalue weighted by Gasteiger charge is 2.14. The number of nitrogens with one attached hydrogen (secondary N) is 2. The van der Waals surface area contributed by atoms with Crippen LogP contribution in [0.4, 0.5) is 0 Å². The fourth-order valence-electron chi connectivity index (χ4n) is 1.95. The molecule has 0 amide bonds. The number of methoxy groups -OCH3 is 1. The van der Waals surface area contributed by atoms with E-state index in [0.29, 0.717) is 21.8 Å². The summed E-state index contributed by atoms with van der Waals surface area (Å²) in [7, 11) is 1.44. The number of benzene rings is 1. The SMILES string of the molecule is COc1cc(Cl)cc(Cc2c(C)[nH]c(=S)[nH]c2=O)c1O. The zero-order chi connectivity index (χ0) is 14.9. The van der Waals surface area contributed by atoms with Gasteiger partial charge in [-0.2, -0.15) is 0 Å². The van der Waals surface area contributed by atoms with E-state index in [4.69, 9.17) is 28.6 Å². The maximum Gasteiger partial charge on any atom is 0.255 e. The Balaban J connectivity index is 2.53. The summed E-state index contributed by atoms with van der Waals surface area (Å²) in [6.07, 6.45) is 0.218. The summed E-state index contributed by atoms with van der Waals surface area (Å²) in [4.78, 5) is 17.3. The lowest BCUT2D eigenvalue weighted by Gasteiger charge is -2.10. The van der Waals surface area contributed by atoms with Crippen molar-refractivity contribution in [3.05, 3.63) is 49.1 Å². The quantitative estimate of drug-likeness (QED) is 0.761. The second-order valence-corrected chi connectivity index (χ2v) is 5.15. The van der Waals surface area contributed by atoms with E-state index >= 15 is 0 Å². The van der Waals surface area contributed by atoms with Gasteiger partial charge in [-0.3, -0.25) is 9.78 Å². The average Bonchev–Trinajstić information content (AvgIpc) is 2.37. The van der Waals surface area contributed by atoms with Crippen molar-refractivity contribution in [1.82, 2.24) is 9.97 Å². The van der Waals surface area contributed by atoms with Gasteiger partial charge in [-0.25, -0.2) is 0 Å². The highest BCUT2D eigenvalue weighted by molar-refractivity contribution is 7.71. The van der Waals surface area contributed by atoms with E-state index in [1.807, 2.05) is 0 Å². The van der Waals surface area contributed by atoms with E-state index in [2.05, 4.69) is 9.97 Å². The smallest absolute Gasteiger partial charge is 0.255 e. The first-order chi connectivity index (χ1) is 9.42. The minimum atomic E-state index is -0.287. The Hall–Kier alpha value is -1.79. The van der Waals surface area contributed by atoms with Crippen molar-refractivity contribution in [1.29, 1.82) is 0 Å². The van der Waals surface area contributed by atoms with Gasteiger partial charge in [0, 0.05) is 34.3 Å². The lowest BCUT2D eigenvalue weighted by molar-refractivity contribution is 0.371. The predicted octanol–water partition coefficient (Wildman–Crippen LogP) is 2.70. The molecule has 20 heavy (non-hydrogen) atoms. The third-order valence-electron chi connectivity index (χ3n) is 2.96. The highest BCUT2D eigenvalue weighted by Crippen LogP contribution is 2.34. The molecule has 0 fully saturated rings. The molecule has 0 unspecified atom stereocenters. The molecular weight excluding hydrogens is 300 g/mol. The van der Waals surface area contributed by atoms with Gasteiger partial charge in [-0.15, -0.1) is 0 Å². The number of hydrogen-bond donors (Lipinski definition) is 3. The number of aromatic hydroxyl groups is 1. The van der Waals surface area contributed by atoms with E-state index in [-0.39, 0.29) is 28.3 Å². The van der Waals surface area contributed by atoms with Gasteiger partial charge in [0.1, 0.15) is 0 Å². The molecule has 7 heteroatoms. The van der Waals surface area contributed by atoms with Crippen molar-refractivity contribution < 1.29 is 9.84 Å². The van der Waals surface area contributed by atoms with Crippen LogP contribution in [0.25, 0.3) is 0 Å². The van der Waals surface area contributed by atoms with Gasteiger partial charge in [0.15, 0.2) is 16.3 Å². The fourth-order valence-corrected chi connectivity index (χ4v) is 2.42. The predicted molar refractivity (Wildman–Crippen MR) is 79.5 cm³/mol. The summed E-state index contributed by atoms with van der Waals surface area (Å²) in [6.45, 7) is 1.75. The normalized spacial score (nSPS) is 10.6. The highest BCUT2D eigenvalue weighted by atomic mass is 35.5. The van der Waals surface area contributed by atoms with Crippen LogP contribution in [0.1, 0.15) is 16.8 Å². The molecule has 1 aromatic heterocycles. The van der Waals surface area contributed by atoms with Crippen molar-refractivity contribution in [2.45, 2.75) is 13.3 Å². The Morgan fingerprint density at radius 2 is 2.10 bits per heavy atom. The molecule has 1 aromatic carbocycles. The Labute approximate surface area is 125 Å². The summed E-state index contributed by atoms with van der Waals surface area (Å²) < 4.78 is 5.31. The molecule has 2 aromatic rings. The van der Waals surface area contributed by atoms with Gasteiger partial charge in [-0.05, 0) is 25.2 Å². The van der Waals surface area contributed by atoms with Gasteiger partial charge in [0.05, 0.1) is 7.11 Å². The summed E-state index contributed by atoms with van der Waals surface area (Å²) in [5.74, 6) is 0.239. The molecule has 0 spiro atoms. The second-order valence-electron chi connectivity index (χ2n) is 4.30. The van der Waals surface area contributed by atoms with Crippen LogP contribution >= 0.6 is 23.8 Å². The summed E-state index contributed by atoms with van der Waals surface area (Å²) in [5.41, 5.74) is 1.35. The van der Waals surface area contributed by atoms with E-state index < -0.39 is 0 Å². The number of H-pyrrole nitrogens is 2. The van der Waals surface area contributed by atoms with E-state index in [9.17, 15) is 9.90 Å². The van der Waals surface area contributed by atoms with Crippen LogP contribution in [-0.2, 0) is 6.42 Å². The molecule has 2 rings (SSSR count). The second kappa shape index (κ2) is 5.68. The van der Waals surface area contributed by atoms with Gasteiger partial charge < -0.3 is 14.8 Å². The average molecular weight is 313 g/mol. The summed E-state index contributed by atoms with van der Waals surface area (Å²) >= 11 is 10.9. The largest absolute Gasteiger partial charge is 0.504 e. The number of halogens is 1. The number of aromatic nitrogens is 2. The summed E-state index contributed by atoms with van der Waals surface area (Å²) in [6, 6.07) is 3.11. The van der Waals surface area contributed by atoms with Gasteiger partial charge >= 0.3 is 0 Å². The van der Waals surface area contributed by atoms with Crippen LogP contribution in [0.2, 0.25) is 5.02 Å². The standard InChI is InChI=1S/C13H13ClN2O3S/c1-6-9(12(18)16-13(20)15-6)4-7-3-8(14)5-10(19-2)11(7)17/h3,5,17H,4H2,1-2H3,(H2,15,16,18,20). The minimum Gasteiger partial charge on any atom is -0.504 e. The Bertz CT molecular complexity index is 767. The van der Waals surface area contributed by atoms with E-state index in [0.717, 1.165) is 0 Å². The molecule has 0 saturated carbocycles. The molecule has 0 aliphatic heterocycles. The third-order valence-corrected chi connectivity index (χ3v) is 3.38. The number of ether oxygens (including phenoxy) is 1. The molecule has 5 nitrogen and oxygen atoms in total. The lowest BCUT2D eigenvalue weighted by Crippen LogP contribution is -2.16. The van der Waals surface area contributed by atoms with Crippen molar-refractivity contribution in [3.63, 3.8) is 0 Å². The Kier molecular flexibility index (Phi) is 4.15. The molecule has 1 heterocycles. The molecule has 0 atom stereocenters. The first kappa shape index (κ1) is 14.6. The van der Waals surface area contributed by atoms with Gasteiger partial charge in [0.2, 0.25) is 0 Å². The monoisotopic (exact) mass is 312 g/mol. The zero-order valence-electron chi connectivity index (χ0n) is 10.9. The maximum atomic E-state index is 11.9. The van der Waals surface area contributed by atoms with Crippen LogP contribution in [0.3, 0.4) is 0 Å². The van der Waals surface area contributed by atoms with Crippen molar-refractivity contribution >= 4 is 23.8 Å². The fraction of sp³-hybridized carbons (Fsp3) is 0.231. The first-order valence-electron chi connectivity index (χ1n) is 5.80. The molecule has 0 saturated heterocycles. The maximum absolute atomic E-state index is 11.9. The molecule has 0 radical (unpaired) electrons. The number of phenolic OH excluding ortho intramolecular Hbond substituents is 1. The molecule has 0 aliphatic rings. The zero-order valence-corrected chi connectivity index (χ0v) is 12.5. The van der Waals surface area contributed by atoms with Crippen molar-refractivity contribution in [3.8, 4) is 11.5 Å². The Morgan fingerprint density at radius 3 is 2.70 bits per heavy atom. The van der Waals surface area contributed by atoms with Crippen LogP contribution in [0.5, 0.6) is 11.5 Å². The first-order valence-corrected chi connectivity index (χ1v) is 6.58. The van der Waals surface area contributed by atoms with E-state index in [1.54, 1.807) is 13.0 Å². The number of aromatic amines is 2. The molecule has 106 valence electrons. The van der Waals surface area contributed by atoms with E-state index in [1.165, 1.54) is 13.2 Å². The lowest BCUT2D eigenvalue weighted by atomic mass is 10.0. The van der Waals surface area contributed by atoms with Crippen LogP contribution in [0, 0.1) is 11.7 Å². The topological polar surface area (TPSA) is 78.1 Å². The van der Waals surface area contributed by atoms with Crippen molar-refractivity contribution in [2.75, 3.05) is 7.11 Å². The summed E-state index contributed by atoms with van der Waals surface area (Å²) in [5, 5.41) is 10.5. The molecule has 3 N–H and O–H groups in total. The van der Waals surface area contributed by atoms with Gasteiger partial charge in [-0.1, -0.05) is 11.6 Å². The minimum absolute atomic E-state index is 0.0295. The van der Waals surface area contributed by atoms with Crippen LogP contribution in [0.15, 0.2) is 16.9 Å². The van der Waals surface area contributed by atoms with Crippen LogP contribution < -0.4 is 10.3 Å². The number of phenols is 1. The number of aryl methyl sites for hydroxylation is 1.